The second kappa shape index (κ2) is 7.28. The van der Waals surface area contributed by atoms with Crippen molar-refractivity contribution in [3.8, 4) is 0 Å². The van der Waals surface area contributed by atoms with Crippen LogP contribution in [0, 0.1) is 11.3 Å². The normalized spacial score (nSPS) is 25.6. The molecule has 116 valence electrons. The number of rotatable bonds is 5. The zero-order valence-corrected chi connectivity index (χ0v) is 13.5. The minimum Gasteiger partial charge on any atom is -0.355 e. The molecular weight excluding hydrogens is 284 g/mol. The Kier molecular flexibility index (Phi) is 5.65. The average Bonchev–Trinajstić information content (AvgIpc) is 2.48. The summed E-state index contributed by atoms with van der Waals surface area (Å²) in [6, 6.07) is 7.76. The molecule has 0 radical (unpaired) electrons. The zero-order chi connectivity index (χ0) is 15.3. The van der Waals surface area contributed by atoms with E-state index in [1.54, 1.807) is 0 Å². The molecule has 0 aromatic heterocycles. The highest BCUT2D eigenvalue weighted by atomic mass is 35.5. The minimum absolute atomic E-state index is 0.124. The van der Waals surface area contributed by atoms with E-state index in [0.29, 0.717) is 19.0 Å². The van der Waals surface area contributed by atoms with Gasteiger partial charge in [-0.1, -0.05) is 30.7 Å². The molecule has 0 aliphatic heterocycles. The molecule has 0 atom stereocenters. The van der Waals surface area contributed by atoms with E-state index in [1.807, 2.05) is 24.3 Å². The van der Waals surface area contributed by atoms with Gasteiger partial charge in [0.25, 0.3) is 0 Å². The van der Waals surface area contributed by atoms with Gasteiger partial charge in [-0.05, 0) is 55.7 Å². The Hall–Kier alpha value is -1.06. The molecule has 1 saturated carbocycles. The molecule has 1 fully saturated rings. The first-order valence-corrected chi connectivity index (χ1v) is 8.16. The van der Waals surface area contributed by atoms with E-state index in [2.05, 4.69) is 12.2 Å². The number of halogens is 1. The Balaban J connectivity index is 1.86. The minimum atomic E-state index is -0.346. The van der Waals surface area contributed by atoms with E-state index >= 15 is 0 Å². The van der Waals surface area contributed by atoms with Crippen molar-refractivity contribution in [3.63, 3.8) is 0 Å². The lowest BCUT2D eigenvalue weighted by atomic mass is 9.70. The van der Waals surface area contributed by atoms with Gasteiger partial charge in [-0.15, -0.1) is 0 Å². The molecule has 1 aliphatic rings. The molecule has 1 amide bonds. The maximum Gasteiger partial charge on any atom is 0.227 e. The summed E-state index contributed by atoms with van der Waals surface area (Å²) >= 11 is 5.96. The summed E-state index contributed by atoms with van der Waals surface area (Å²) in [6.45, 7) is 3.33. The summed E-state index contributed by atoms with van der Waals surface area (Å²) in [5.41, 5.74) is 6.70. The van der Waals surface area contributed by atoms with Crippen LogP contribution in [-0.2, 0) is 11.2 Å². The van der Waals surface area contributed by atoms with Crippen LogP contribution >= 0.6 is 11.6 Å². The van der Waals surface area contributed by atoms with Crippen molar-refractivity contribution in [1.82, 2.24) is 5.32 Å². The lowest BCUT2D eigenvalue weighted by Crippen LogP contribution is -2.48. The molecular formula is C17H25ClN2O. The van der Waals surface area contributed by atoms with Crippen LogP contribution in [0.4, 0.5) is 0 Å². The molecule has 21 heavy (non-hydrogen) atoms. The first-order valence-electron chi connectivity index (χ1n) is 7.78. The van der Waals surface area contributed by atoms with Gasteiger partial charge in [-0.3, -0.25) is 4.79 Å². The monoisotopic (exact) mass is 308 g/mol. The van der Waals surface area contributed by atoms with Crippen LogP contribution in [0.2, 0.25) is 5.02 Å². The smallest absolute Gasteiger partial charge is 0.227 e. The van der Waals surface area contributed by atoms with E-state index in [-0.39, 0.29) is 11.3 Å². The number of nitrogens with one attached hydrogen (secondary N) is 1. The third kappa shape index (κ3) is 4.21. The molecule has 3 N–H and O–H groups in total. The fourth-order valence-electron chi connectivity index (χ4n) is 3.04. The number of benzene rings is 1. The number of amides is 1. The van der Waals surface area contributed by atoms with E-state index in [9.17, 15) is 4.79 Å². The first-order chi connectivity index (χ1) is 10.1. The molecule has 2 rings (SSSR count). The predicted octanol–water partition coefficient (Wildman–Crippen LogP) is 3.15. The van der Waals surface area contributed by atoms with Crippen LogP contribution in [0.1, 0.15) is 38.2 Å². The van der Waals surface area contributed by atoms with Crippen LogP contribution in [0.15, 0.2) is 24.3 Å². The predicted molar refractivity (Wildman–Crippen MR) is 87.3 cm³/mol. The lowest BCUT2D eigenvalue weighted by molar-refractivity contribution is -0.132. The largest absolute Gasteiger partial charge is 0.355 e. The maximum absolute atomic E-state index is 12.5. The van der Waals surface area contributed by atoms with Crippen molar-refractivity contribution in [1.29, 1.82) is 0 Å². The lowest BCUT2D eigenvalue weighted by Gasteiger charge is -2.37. The Labute approximate surface area is 132 Å². The van der Waals surface area contributed by atoms with Crippen molar-refractivity contribution >= 4 is 17.5 Å². The maximum atomic E-state index is 12.5. The van der Waals surface area contributed by atoms with Gasteiger partial charge < -0.3 is 11.1 Å². The Morgan fingerprint density at radius 3 is 2.76 bits per heavy atom. The van der Waals surface area contributed by atoms with Gasteiger partial charge in [-0.2, -0.15) is 0 Å². The molecule has 0 heterocycles. The van der Waals surface area contributed by atoms with Gasteiger partial charge in [0, 0.05) is 18.1 Å². The van der Waals surface area contributed by atoms with Crippen LogP contribution in [0.25, 0.3) is 0 Å². The summed E-state index contributed by atoms with van der Waals surface area (Å²) in [6.07, 6.45) is 4.81. The van der Waals surface area contributed by atoms with E-state index < -0.39 is 0 Å². The molecule has 3 nitrogen and oxygen atoms in total. The molecule has 4 heteroatoms. The fraction of sp³-hybridized carbons (Fsp3) is 0.588. The third-order valence-electron chi connectivity index (χ3n) is 4.69. The first kappa shape index (κ1) is 16.3. The van der Waals surface area contributed by atoms with E-state index in [4.69, 9.17) is 17.3 Å². The van der Waals surface area contributed by atoms with E-state index in [1.165, 1.54) is 0 Å². The van der Waals surface area contributed by atoms with Gasteiger partial charge in [0.2, 0.25) is 5.91 Å². The summed E-state index contributed by atoms with van der Waals surface area (Å²) in [7, 11) is 0. The number of hydrogen-bond acceptors (Lipinski definition) is 2. The molecule has 1 aromatic carbocycles. The third-order valence-corrected chi connectivity index (χ3v) is 4.93. The summed E-state index contributed by atoms with van der Waals surface area (Å²) in [5.74, 6) is 0.836. The number of hydrogen-bond donors (Lipinski definition) is 2. The molecule has 0 spiro atoms. The second-order valence-corrected chi connectivity index (χ2v) is 6.74. The summed E-state index contributed by atoms with van der Waals surface area (Å²) in [4.78, 5) is 12.5. The van der Waals surface area contributed by atoms with Crippen molar-refractivity contribution in [2.75, 3.05) is 13.1 Å². The molecule has 0 saturated heterocycles. The van der Waals surface area contributed by atoms with Crippen LogP contribution in [0.3, 0.4) is 0 Å². The van der Waals surface area contributed by atoms with Gasteiger partial charge in [0.15, 0.2) is 0 Å². The van der Waals surface area contributed by atoms with Crippen LogP contribution in [0.5, 0.6) is 0 Å². The highest BCUT2D eigenvalue weighted by Crippen LogP contribution is 2.38. The summed E-state index contributed by atoms with van der Waals surface area (Å²) < 4.78 is 0. The number of nitrogens with two attached hydrogens (primary N) is 1. The van der Waals surface area contributed by atoms with Crippen LogP contribution < -0.4 is 11.1 Å². The van der Waals surface area contributed by atoms with Gasteiger partial charge in [0.05, 0.1) is 5.41 Å². The SMILES string of the molecule is CC1CCC(CN)(C(=O)NCCc2cccc(Cl)c2)CC1. The molecule has 1 aromatic rings. The highest BCUT2D eigenvalue weighted by Gasteiger charge is 2.39. The van der Waals surface area contributed by atoms with Crippen molar-refractivity contribution in [2.24, 2.45) is 17.1 Å². The highest BCUT2D eigenvalue weighted by molar-refractivity contribution is 6.30. The van der Waals surface area contributed by atoms with Crippen molar-refractivity contribution in [3.05, 3.63) is 34.9 Å². The Bertz CT molecular complexity index is 481. The van der Waals surface area contributed by atoms with Crippen molar-refractivity contribution in [2.45, 2.75) is 39.0 Å². The number of carbonyl (C=O) groups is 1. The Morgan fingerprint density at radius 2 is 2.14 bits per heavy atom. The Morgan fingerprint density at radius 1 is 1.43 bits per heavy atom. The van der Waals surface area contributed by atoms with E-state index in [0.717, 1.165) is 42.7 Å². The van der Waals surface area contributed by atoms with Gasteiger partial charge in [0.1, 0.15) is 0 Å². The molecule has 0 unspecified atom stereocenters. The van der Waals surface area contributed by atoms with Gasteiger partial charge >= 0.3 is 0 Å². The second-order valence-electron chi connectivity index (χ2n) is 6.30. The molecule has 1 aliphatic carbocycles. The average molecular weight is 309 g/mol. The number of carbonyl (C=O) groups excluding carboxylic acids is 1. The van der Waals surface area contributed by atoms with Crippen LogP contribution in [-0.4, -0.2) is 19.0 Å². The topological polar surface area (TPSA) is 55.1 Å². The summed E-state index contributed by atoms with van der Waals surface area (Å²) in [5, 5.41) is 3.80. The van der Waals surface area contributed by atoms with Gasteiger partial charge in [-0.25, -0.2) is 0 Å². The zero-order valence-electron chi connectivity index (χ0n) is 12.7. The quantitative estimate of drug-likeness (QED) is 0.878. The molecule has 0 bridgehead atoms. The fourth-order valence-corrected chi connectivity index (χ4v) is 3.25. The standard InChI is InChI=1S/C17H25ClN2O/c1-13-5-8-17(12-19,9-6-13)16(21)20-10-7-14-3-2-4-15(18)11-14/h2-4,11,13H,5-10,12,19H2,1H3,(H,20,21). The van der Waals surface area contributed by atoms with Crippen molar-refractivity contribution < 1.29 is 4.79 Å².